The van der Waals surface area contributed by atoms with E-state index in [1.807, 2.05) is 0 Å². The summed E-state index contributed by atoms with van der Waals surface area (Å²) in [4.78, 5) is 10.6. The molecule has 0 radical (unpaired) electrons. The maximum atomic E-state index is 10.6. The molecule has 6 nitrogen and oxygen atoms in total. The van der Waals surface area contributed by atoms with Gasteiger partial charge in [-0.05, 0) is 24.7 Å². The standard InChI is InChI=1S/C14H26N2O4/c1-10-4-2-3-5-11(10)8-20-9-12(17)6-16-7-13(18)14(15)19/h2-3,10-13,16-18H,4-9H2,1H3,(H2,15,19). The van der Waals surface area contributed by atoms with E-state index < -0.39 is 18.1 Å². The number of nitrogens with one attached hydrogen (secondary N) is 1. The number of aliphatic hydroxyl groups is 2. The first-order valence-corrected chi connectivity index (χ1v) is 7.09. The molecular weight excluding hydrogens is 260 g/mol. The summed E-state index contributed by atoms with van der Waals surface area (Å²) in [6.45, 7) is 3.39. The Bertz CT molecular complexity index is 322. The Hall–Kier alpha value is -0.950. The van der Waals surface area contributed by atoms with Crippen LogP contribution in [0.3, 0.4) is 0 Å². The van der Waals surface area contributed by atoms with Gasteiger partial charge in [0, 0.05) is 13.1 Å². The summed E-state index contributed by atoms with van der Waals surface area (Å²) in [5, 5.41) is 21.6. The van der Waals surface area contributed by atoms with Gasteiger partial charge in [0.1, 0.15) is 6.10 Å². The molecule has 116 valence electrons. The largest absolute Gasteiger partial charge is 0.389 e. The van der Waals surface area contributed by atoms with Crippen molar-refractivity contribution in [1.82, 2.24) is 5.32 Å². The summed E-state index contributed by atoms with van der Waals surface area (Å²) >= 11 is 0. The molecule has 5 N–H and O–H groups in total. The lowest BCUT2D eigenvalue weighted by Crippen LogP contribution is -2.41. The van der Waals surface area contributed by atoms with Crippen LogP contribution in [0.25, 0.3) is 0 Å². The van der Waals surface area contributed by atoms with Gasteiger partial charge in [-0.15, -0.1) is 0 Å². The Morgan fingerprint density at radius 2 is 2.10 bits per heavy atom. The number of carbonyl (C=O) groups excluding carboxylic acids is 1. The third kappa shape index (κ3) is 6.47. The molecule has 0 aromatic heterocycles. The number of ether oxygens (including phenoxy) is 1. The predicted molar refractivity (Wildman–Crippen MR) is 75.9 cm³/mol. The first-order chi connectivity index (χ1) is 9.50. The molecule has 0 heterocycles. The second-order valence-corrected chi connectivity index (χ2v) is 5.45. The third-order valence-corrected chi connectivity index (χ3v) is 3.61. The van der Waals surface area contributed by atoms with Gasteiger partial charge in [-0.25, -0.2) is 0 Å². The SMILES string of the molecule is CC1CC=CCC1COCC(O)CNCC(O)C(N)=O. The van der Waals surface area contributed by atoms with Crippen LogP contribution in [0.2, 0.25) is 0 Å². The zero-order valence-corrected chi connectivity index (χ0v) is 12.0. The topological polar surface area (TPSA) is 105 Å². The fourth-order valence-electron chi connectivity index (χ4n) is 2.14. The number of rotatable bonds is 9. The summed E-state index contributed by atoms with van der Waals surface area (Å²) in [7, 11) is 0. The Labute approximate surface area is 120 Å². The molecule has 6 heteroatoms. The van der Waals surface area contributed by atoms with Gasteiger partial charge in [-0.3, -0.25) is 4.79 Å². The molecule has 1 aliphatic rings. The average Bonchev–Trinajstić information content (AvgIpc) is 2.40. The average molecular weight is 286 g/mol. The van der Waals surface area contributed by atoms with Crippen molar-refractivity contribution in [2.24, 2.45) is 17.6 Å². The molecule has 0 aromatic carbocycles. The molecule has 0 spiro atoms. The van der Waals surface area contributed by atoms with E-state index in [1.54, 1.807) is 0 Å². The number of aliphatic hydroxyl groups excluding tert-OH is 2. The molecule has 0 saturated carbocycles. The van der Waals surface area contributed by atoms with Gasteiger partial charge in [0.2, 0.25) is 5.91 Å². The minimum atomic E-state index is -1.22. The van der Waals surface area contributed by atoms with E-state index in [0.717, 1.165) is 12.8 Å². The van der Waals surface area contributed by atoms with Gasteiger partial charge in [-0.2, -0.15) is 0 Å². The molecular formula is C14H26N2O4. The Balaban J connectivity index is 2.06. The molecule has 4 atom stereocenters. The molecule has 4 unspecified atom stereocenters. The molecule has 0 aliphatic heterocycles. The molecule has 1 amide bonds. The highest BCUT2D eigenvalue weighted by molar-refractivity contribution is 5.78. The van der Waals surface area contributed by atoms with Gasteiger partial charge in [0.25, 0.3) is 0 Å². The summed E-state index contributed by atoms with van der Waals surface area (Å²) in [5.74, 6) is 0.348. The van der Waals surface area contributed by atoms with E-state index in [0.29, 0.717) is 18.4 Å². The fourth-order valence-corrected chi connectivity index (χ4v) is 2.14. The fraction of sp³-hybridized carbons (Fsp3) is 0.786. The van der Waals surface area contributed by atoms with Gasteiger partial charge in [0.15, 0.2) is 0 Å². The quantitative estimate of drug-likeness (QED) is 0.424. The highest BCUT2D eigenvalue weighted by atomic mass is 16.5. The van der Waals surface area contributed by atoms with Crippen LogP contribution in [-0.4, -0.2) is 54.6 Å². The van der Waals surface area contributed by atoms with Crippen molar-refractivity contribution in [1.29, 1.82) is 0 Å². The van der Waals surface area contributed by atoms with Crippen LogP contribution in [0.4, 0.5) is 0 Å². The lowest BCUT2D eigenvalue weighted by molar-refractivity contribution is -0.125. The number of primary amides is 1. The molecule has 1 rings (SSSR count). The number of hydrogen-bond donors (Lipinski definition) is 4. The molecule has 20 heavy (non-hydrogen) atoms. The minimum absolute atomic E-state index is 0.0385. The number of allylic oxidation sites excluding steroid dienone is 2. The molecule has 1 aliphatic carbocycles. The number of nitrogens with two attached hydrogens (primary N) is 1. The zero-order valence-electron chi connectivity index (χ0n) is 12.0. The Morgan fingerprint density at radius 1 is 1.40 bits per heavy atom. The van der Waals surface area contributed by atoms with E-state index in [2.05, 4.69) is 24.4 Å². The van der Waals surface area contributed by atoms with Gasteiger partial charge in [-0.1, -0.05) is 19.1 Å². The summed E-state index contributed by atoms with van der Waals surface area (Å²) in [5.41, 5.74) is 4.91. The summed E-state index contributed by atoms with van der Waals surface area (Å²) in [6.07, 6.45) is 4.60. The maximum Gasteiger partial charge on any atom is 0.247 e. The van der Waals surface area contributed by atoms with Crippen molar-refractivity contribution >= 4 is 5.91 Å². The highest BCUT2D eigenvalue weighted by Gasteiger charge is 2.18. The van der Waals surface area contributed by atoms with E-state index in [-0.39, 0.29) is 19.7 Å². The minimum Gasteiger partial charge on any atom is -0.389 e. The first-order valence-electron chi connectivity index (χ1n) is 7.09. The highest BCUT2D eigenvalue weighted by Crippen LogP contribution is 2.24. The normalized spacial score (nSPS) is 25.4. The van der Waals surface area contributed by atoms with Gasteiger partial charge >= 0.3 is 0 Å². The van der Waals surface area contributed by atoms with Crippen molar-refractivity contribution in [2.45, 2.75) is 32.0 Å². The summed E-state index contributed by atoms with van der Waals surface area (Å²) < 4.78 is 5.53. The monoisotopic (exact) mass is 286 g/mol. The lowest BCUT2D eigenvalue weighted by atomic mass is 9.85. The first kappa shape index (κ1) is 17.1. The second kappa shape index (κ2) is 9.07. The van der Waals surface area contributed by atoms with Crippen molar-refractivity contribution in [2.75, 3.05) is 26.3 Å². The molecule has 0 bridgehead atoms. The summed E-state index contributed by atoms with van der Waals surface area (Å²) in [6, 6.07) is 0. The lowest BCUT2D eigenvalue weighted by Gasteiger charge is -2.25. The third-order valence-electron chi connectivity index (χ3n) is 3.61. The van der Waals surface area contributed by atoms with Crippen LogP contribution in [0.1, 0.15) is 19.8 Å². The zero-order chi connectivity index (χ0) is 15.0. The van der Waals surface area contributed by atoms with Crippen molar-refractivity contribution in [3.63, 3.8) is 0 Å². The van der Waals surface area contributed by atoms with Crippen LogP contribution in [0.15, 0.2) is 12.2 Å². The number of hydrogen-bond acceptors (Lipinski definition) is 5. The van der Waals surface area contributed by atoms with Crippen molar-refractivity contribution in [3.8, 4) is 0 Å². The predicted octanol–water partition coefficient (Wildman–Crippen LogP) is -0.598. The second-order valence-electron chi connectivity index (χ2n) is 5.45. The molecule has 0 aromatic rings. The van der Waals surface area contributed by atoms with E-state index in [1.165, 1.54) is 0 Å². The van der Waals surface area contributed by atoms with Crippen molar-refractivity contribution < 1.29 is 19.7 Å². The van der Waals surface area contributed by atoms with Gasteiger partial charge < -0.3 is 26.0 Å². The van der Waals surface area contributed by atoms with Crippen LogP contribution >= 0.6 is 0 Å². The number of carbonyl (C=O) groups is 1. The molecule has 0 fully saturated rings. The smallest absolute Gasteiger partial charge is 0.247 e. The van der Waals surface area contributed by atoms with Crippen LogP contribution < -0.4 is 11.1 Å². The number of amides is 1. The van der Waals surface area contributed by atoms with Crippen molar-refractivity contribution in [3.05, 3.63) is 12.2 Å². The maximum absolute atomic E-state index is 10.6. The van der Waals surface area contributed by atoms with Crippen LogP contribution in [0.5, 0.6) is 0 Å². The Kier molecular flexibility index (Phi) is 7.76. The van der Waals surface area contributed by atoms with E-state index in [9.17, 15) is 9.90 Å². The van der Waals surface area contributed by atoms with Crippen LogP contribution in [0, 0.1) is 11.8 Å². The molecule has 0 saturated heterocycles. The van der Waals surface area contributed by atoms with Gasteiger partial charge in [0.05, 0.1) is 19.3 Å². The Morgan fingerprint density at radius 3 is 2.75 bits per heavy atom. The van der Waals surface area contributed by atoms with Crippen LogP contribution in [-0.2, 0) is 9.53 Å². The van der Waals surface area contributed by atoms with E-state index in [4.69, 9.17) is 15.6 Å². The van der Waals surface area contributed by atoms with E-state index >= 15 is 0 Å².